The second kappa shape index (κ2) is 11.5. The van der Waals surface area contributed by atoms with Gasteiger partial charge in [0.05, 0.1) is 0 Å². The third-order valence-electron chi connectivity index (χ3n) is 3.05. The van der Waals surface area contributed by atoms with E-state index in [9.17, 15) is 9.59 Å². The zero-order chi connectivity index (χ0) is 15.4. The van der Waals surface area contributed by atoms with Crippen LogP contribution < -0.4 is 5.32 Å². The lowest BCUT2D eigenvalue weighted by molar-refractivity contribution is -0.137. The van der Waals surface area contributed by atoms with Gasteiger partial charge < -0.3 is 20.2 Å². The average Bonchev–Trinajstić information content (AvgIpc) is 2.37. The van der Waals surface area contributed by atoms with Crippen molar-refractivity contribution in [1.29, 1.82) is 0 Å². The van der Waals surface area contributed by atoms with E-state index in [4.69, 9.17) is 5.11 Å². The van der Waals surface area contributed by atoms with Crippen LogP contribution in [0.15, 0.2) is 0 Å². The van der Waals surface area contributed by atoms with E-state index in [-0.39, 0.29) is 12.5 Å². The number of carboxylic acid groups (broad SMARTS) is 1. The van der Waals surface area contributed by atoms with Gasteiger partial charge in [-0.1, -0.05) is 6.42 Å². The highest BCUT2D eigenvalue weighted by atomic mass is 16.4. The minimum Gasteiger partial charge on any atom is -0.481 e. The van der Waals surface area contributed by atoms with E-state index >= 15 is 0 Å². The van der Waals surface area contributed by atoms with Crippen molar-refractivity contribution in [3.63, 3.8) is 0 Å². The number of rotatable bonds is 11. The molecule has 0 aliphatic rings. The number of carboxylic acids is 1. The number of carbonyl (C=O) groups excluding carboxylic acids is 1. The van der Waals surface area contributed by atoms with Crippen LogP contribution in [-0.4, -0.2) is 67.2 Å². The quantitative estimate of drug-likeness (QED) is 0.566. The van der Waals surface area contributed by atoms with Gasteiger partial charge in [0.1, 0.15) is 0 Å². The maximum Gasteiger partial charge on any atom is 0.317 e. The van der Waals surface area contributed by atoms with E-state index in [1.807, 2.05) is 21.0 Å². The highest BCUT2D eigenvalue weighted by Crippen LogP contribution is 1.99. The van der Waals surface area contributed by atoms with Crippen LogP contribution in [-0.2, 0) is 4.79 Å². The van der Waals surface area contributed by atoms with Crippen LogP contribution in [0.2, 0.25) is 0 Å². The summed E-state index contributed by atoms with van der Waals surface area (Å²) in [6.45, 7) is 5.03. The van der Waals surface area contributed by atoms with Gasteiger partial charge >= 0.3 is 12.0 Å². The molecule has 0 aromatic heterocycles. The van der Waals surface area contributed by atoms with Crippen LogP contribution >= 0.6 is 0 Å². The van der Waals surface area contributed by atoms with Gasteiger partial charge in [0.25, 0.3) is 0 Å². The Morgan fingerprint density at radius 1 is 1.05 bits per heavy atom. The first kappa shape index (κ1) is 18.7. The number of amides is 2. The van der Waals surface area contributed by atoms with E-state index in [2.05, 4.69) is 10.2 Å². The molecule has 20 heavy (non-hydrogen) atoms. The van der Waals surface area contributed by atoms with Gasteiger partial charge in [0, 0.05) is 26.1 Å². The van der Waals surface area contributed by atoms with Crippen LogP contribution in [0, 0.1) is 0 Å². The molecule has 0 spiro atoms. The van der Waals surface area contributed by atoms with Crippen molar-refractivity contribution in [2.24, 2.45) is 0 Å². The maximum atomic E-state index is 11.9. The van der Waals surface area contributed by atoms with Crippen LogP contribution in [0.5, 0.6) is 0 Å². The van der Waals surface area contributed by atoms with Crippen LogP contribution in [0.3, 0.4) is 0 Å². The summed E-state index contributed by atoms with van der Waals surface area (Å²) in [6.07, 6.45) is 3.51. The largest absolute Gasteiger partial charge is 0.481 e. The summed E-state index contributed by atoms with van der Waals surface area (Å²) in [7, 11) is 4.04. The Morgan fingerprint density at radius 3 is 2.30 bits per heavy atom. The molecule has 118 valence electrons. The molecule has 0 radical (unpaired) electrons. The normalized spacial score (nSPS) is 10.6. The van der Waals surface area contributed by atoms with Crippen molar-refractivity contribution < 1.29 is 14.7 Å². The molecule has 0 aromatic carbocycles. The molecule has 2 amide bonds. The standard InChI is InChI=1S/C14H29N3O3/c1-4-17(12-8-11-16(2)3)14(20)15-10-7-5-6-9-13(18)19/h4-12H2,1-3H3,(H,15,20)(H,18,19). The molecule has 0 bridgehead atoms. The summed E-state index contributed by atoms with van der Waals surface area (Å²) in [6, 6.07) is -0.0236. The first-order valence-electron chi connectivity index (χ1n) is 7.36. The summed E-state index contributed by atoms with van der Waals surface area (Å²) >= 11 is 0. The number of unbranched alkanes of at least 4 members (excludes halogenated alkanes) is 2. The number of nitrogens with one attached hydrogen (secondary N) is 1. The van der Waals surface area contributed by atoms with Gasteiger partial charge in [-0.2, -0.15) is 0 Å². The summed E-state index contributed by atoms with van der Waals surface area (Å²) in [4.78, 5) is 26.1. The monoisotopic (exact) mass is 287 g/mol. The van der Waals surface area contributed by atoms with Crippen LogP contribution in [0.25, 0.3) is 0 Å². The molecule has 6 heteroatoms. The van der Waals surface area contributed by atoms with Crippen molar-refractivity contribution in [2.75, 3.05) is 40.3 Å². The molecular formula is C14H29N3O3. The molecule has 0 saturated carbocycles. The fourth-order valence-corrected chi connectivity index (χ4v) is 1.87. The molecule has 0 aliphatic heterocycles. The van der Waals surface area contributed by atoms with E-state index in [1.165, 1.54) is 0 Å². The van der Waals surface area contributed by atoms with Gasteiger partial charge in [-0.05, 0) is 46.8 Å². The second-order valence-electron chi connectivity index (χ2n) is 5.17. The van der Waals surface area contributed by atoms with Crippen LogP contribution in [0.4, 0.5) is 4.79 Å². The fourth-order valence-electron chi connectivity index (χ4n) is 1.87. The van der Waals surface area contributed by atoms with Crippen molar-refractivity contribution >= 4 is 12.0 Å². The highest BCUT2D eigenvalue weighted by Gasteiger charge is 2.10. The highest BCUT2D eigenvalue weighted by molar-refractivity contribution is 5.74. The Balaban J connectivity index is 3.67. The first-order valence-corrected chi connectivity index (χ1v) is 7.36. The van der Waals surface area contributed by atoms with Crippen molar-refractivity contribution in [2.45, 2.75) is 39.0 Å². The molecule has 2 N–H and O–H groups in total. The van der Waals surface area contributed by atoms with Crippen molar-refractivity contribution in [1.82, 2.24) is 15.1 Å². The van der Waals surface area contributed by atoms with Gasteiger partial charge in [-0.25, -0.2) is 4.79 Å². The molecule has 0 aromatic rings. The summed E-state index contributed by atoms with van der Waals surface area (Å²) < 4.78 is 0. The SMILES string of the molecule is CCN(CCCN(C)C)C(=O)NCCCCCC(=O)O. The van der Waals surface area contributed by atoms with E-state index in [0.29, 0.717) is 19.5 Å². The summed E-state index contributed by atoms with van der Waals surface area (Å²) in [5.74, 6) is -0.757. The Labute approximate surface area is 122 Å². The van der Waals surface area contributed by atoms with Gasteiger partial charge in [-0.15, -0.1) is 0 Å². The zero-order valence-corrected chi connectivity index (χ0v) is 13.0. The Morgan fingerprint density at radius 2 is 1.75 bits per heavy atom. The Hall–Kier alpha value is -1.30. The number of hydrogen-bond acceptors (Lipinski definition) is 3. The lowest BCUT2D eigenvalue weighted by atomic mass is 10.2. The number of urea groups is 1. The molecule has 0 aliphatic carbocycles. The predicted molar refractivity (Wildman–Crippen MR) is 79.9 cm³/mol. The topological polar surface area (TPSA) is 72.9 Å². The number of carbonyl (C=O) groups is 2. The zero-order valence-electron chi connectivity index (χ0n) is 13.0. The Bertz CT molecular complexity index is 283. The second-order valence-corrected chi connectivity index (χ2v) is 5.17. The molecular weight excluding hydrogens is 258 g/mol. The van der Waals surface area contributed by atoms with E-state index in [0.717, 1.165) is 32.4 Å². The summed E-state index contributed by atoms with van der Waals surface area (Å²) in [5, 5.41) is 11.4. The number of nitrogens with zero attached hydrogens (tertiary/aromatic N) is 2. The molecule has 0 rings (SSSR count). The third kappa shape index (κ3) is 10.6. The molecule has 0 unspecified atom stereocenters. The maximum absolute atomic E-state index is 11.9. The first-order chi connectivity index (χ1) is 9.47. The number of hydrogen-bond donors (Lipinski definition) is 2. The van der Waals surface area contributed by atoms with Crippen molar-refractivity contribution in [3.8, 4) is 0 Å². The molecule has 0 atom stereocenters. The van der Waals surface area contributed by atoms with Gasteiger partial charge in [0.15, 0.2) is 0 Å². The fraction of sp³-hybridized carbons (Fsp3) is 0.857. The van der Waals surface area contributed by atoms with Crippen molar-refractivity contribution in [3.05, 3.63) is 0 Å². The minimum atomic E-state index is -0.757. The third-order valence-corrected chi connectivity index (χ3v) is 3.05. The molecule has 0 fully saturated rings. The van der Waals surface area contributed by atoms with Gasteiger partial charge in [0.2, 0.25) is 0 Å². The van der Waals surface area contributed by atoms with Gasteiger partial charge in [-0.3, -0.25) is 4.79 Å². The Kier molecular flexibility index (Phi) is 10.8. The van der Waals surface area contributed by atoms with E-state index < -0.39 is 5.97 Å². The van der Waals surface area contributed by atoms with E-state index in [1.54, 1.807) is 4.90 Å². The smallest absolute Gasteiger partial charge is 0.317 e. The summed E-state index contributed by atoms with van der Waals surface area (Å²) in [5.41, 5.74) is 0. The van der Waals surface area contributed by atoms with Crippen LogP contribution in [0.1, 0.15) is 39.0 Å². The minimum absolute atomic E-state index is 0.0236. The molecule has 6 nitrogen and oxygen atoms in total. The lowest BCUT2D eigenvalue weighted by Crippen LogP contribution is -2.41. The molecule has 0 saturated heterocycles. The molecule has 0 heterocycles. The number of aliphatic carboxylic acids is 1. The predicted octanol–water partition coefficient (Wildman–Crippen LogP) is 1.61. The average molecular weight is 287 g/mol. The lowest BCUT2D eigenvalue weighted by Gasteiger charge is -2.22.